The normalized spacial score (nSPS) is 14.2. The van der Waals surface area contributed by atoms with Gasteiger partial charge in [-0.2, -0.15) is 0 Å². The van der Waals surface area contributed by atoms with Crippen LogP contribution in [0.1, 0.15) is 36.4 Å². The van der Waals surface area contributed by atoms with Crippen molar-refractivity contribution in [2.24, 2.45) is 5.73 Å². The van der Waals surface area contributed by atoms with Gasteiger partial charge in [0.2, 0.25) is 0 Å². The fourth-order valence-electron chi connectivity index (χ4n) is 1.84. The highest BCUT2D eigenvalue weighted by atomic mass is 32.1. The molecule has 0 amide bonds. The van der Waals surface area contributed by atoms with Gasteiger partial charge in [0.1, 0.15) is 5.82 Å². The molecule has 2 atom stereocenters. The third-order valence-corrected chi connectivity index (χ3v) is 4.49. The molecule has 2 N–H and O–H groups in total. The first-order chi connectivity index (χ1) is 9.00. The number of hydrogen-bond acceptors (Lipinski definition) is 4. The number of aromatic nitrogens is 1. The first kappa shape index (κ1) is 14.0. The highest BCUT2D eigenvalue weighted by molar-refractivity contribution is 7.15. The van der Waals surface area contributed by atoms with Crippen LogP contribution < -0.4 is 10.6 Å². The topological polar surface area (TPSA) is 42.1 Å². The molecule has 2 rings (SSSR count). The number of nitrogens with zero attached hydrogens (tertiary/aromatic N) is 2. The van der Waals surface area contributed by atoms with Crippen LogP contribution in [0.2, 0.25) is 0 Å². The van der Waals surface area contributed by atoms with Gasteiger partial charge in [-0.05, 0) is 19.9 Å². The minimum atomic E-state index is -0.189. The summed E-state index contributed by atoms with van der Waals surface area (Å²) in [6.07, 6.45) is 1.79. The molecule has 0 radical (unpaired) electrons. The molecule has 19 heavy (non-hydrogen) atoms. The van der Waals surface area contributed by atoms with E-state index in [9.17, 15) is 4.39 Å². The van der Waals surface area contributed by atoms with Gasteiger partial charge in [0.05, 0.1) is 6.04 Å². The van der Waals surface area contributed by atoms with Crippen LogP contribution in [-0.2, 0) is 0 Å². The van der Waals surface area contributed by atoms with E-state index in [1.165, 1.54) is 6.07 Å². The number of anilines is 1. The molecule has 0 aliphatic heterocycles. The van der Waals surface area contributed by atoms with Crippen LogP contribution in [0.15, 0.2) is 30.5 Å². The Balaban J connectivity index is 2.23. The Morgan fingerprint density at radius 2 is 2.00 bits per heavy atom. The van der Waals surface area contributed by atoms with E-state index in [1.807, 2.05) is 31.9 Å². The summed E-state index contributed by atoms with van der Waals surface area (Å²) in [5.41, 5.74) is 6.50. The Hall–Kier alpha value is -1.46. The monoisotopic (exact) mass is 279 g/mol. The predicted molar refractivity (Wildman–Crippen MR) is 77.9 cm³/mol. The lowest BCUT2D eigenvalue weighted by Crippen LogP contribution is -2.22. The SMILES string of the molecule is CC(N)c1cnc(N(C)C(C)c2ccccc2F)s1. The first-order valence-electron chi connectivity index (χ1n) is 6.19. The summed E-state index contributed by atoms with van der Waals surface area (Å²) >= 11 is 1.55. The molecule has 0 aliphatic rings. The number of nitrogens with two attached hydrogens (primary N) is 1. The largest absolute Gasteiger partial charge is 0.344 e. The van der Waals surface area contributed by atoms with Gasteiger partial charge in [0.25, 0.3) is 0 Å². The van der Waals surface area contributed by atoms with Gasteiger partial charge in [-0.15, -0.1) is 11.3 Å². The minimum Gasteiger partial charge on any atom is -0.344 e. The molecule has 102 valence electrons. The molecule has 2 aromatic rings. The first-order valence-corrected chi connectivity index (χ1v) is 7.01. The Morgan fingerprint density at radius 1 is 1.32 bits per heavy atom. The van der Waals surface area contributed by atoms with E-state index in [2.05, 4.69) is 4.98 Å². The summed E-state index contributed by atoms with van der Waals surface area (Å²) in [6.45, 7) is 3.89. The van der Waals surface area contributed by atoms with Gasteiger partial charge in [-0.1, -0.05) is 18.2 Å². The van der Waals surface area contributed by atoms with Gasteiger partial charge >= 0.3 is 0 Å². The highest BCUT2D eigenvalue weighted by Crippen LogP contribution is 2.31. The maximum Gasteiger partial charge on any atom is 0.185 e. The lowest BCUT2D eigenvalue weighted by molar-refractivity contribution is 0.585. The van der Waals surface area contributed by atoms with Crippen LogP contribution in [0.4, 0.5) is 9.52 Å². The molecule has 1 aromatic carbocycles. The number of rotatable bonds is 4. The quantitative estimate of drug-likeness (QED) is 0.931. The number of thiazole rings is 1. The molecule has 0 saturated carbocycles. The number of hydrogen-bond donors (Lipinski definition) is 1. The van der Waals surface area contributed by atoms with Crippen molar-refractivity contribution in [3.8, 4) is 0 Å². The second-order valence-electron chi connectivity index (χ2n) is 4.64. The van der Waals surface area contributed by atoms with Crippen LogP contribution in [0.25, 0.3) is 0 Å². The van der Waals surface area contributed by atoms with E-state index in [1.54, 1.807) is 29.7 Å². The zero-order valence-corrected chi connectivity index (χ0v) is 12.1. The lowest BCUT2D eigenvalue weighted by atomic mass is 10.1. The Bertz CT molecular complexity index is 553. The molecule has 0 aliphatic carbocycles. The van der Waals surface area contributed by atoms with E-state index >= 15 is 0 Å². The smallest absolute Gasteiger partial charge is 0.185 e. The van der Waals surface area contributed by atoms with Crippen molar-refractivity contribution in [1.82, 2.24) is 4.98 Å². The van der Waals surface area contributed by atoms with E-state index in [-0.39, 0.29) is 17.9 Å². The Kier molecular flexibility index (Phi) is 4.17. The molecule has 2 unspecified atom stereocenters. The van der Waals surface area contributed by atoms with Crippen molar-refractivity contribution in [3.63, 3.8) is 0 Å². The maximum absolute atomic E-state index is 13.8. The predicted octanol–water partition coefficient (Wildman–Crippen LogP) is 3.50. The van der Waals surface area contributed by atoms with Crippen molar-refractivity contribution >= 4 is 16.5 Å². The Morgan fingerprint density at radius 3 is 2.58 bits per heavy atom. The molecule has 3 nitrogen and oxygen atoms in total. The van der Waals surface area contributed by atoms with Crippen molar-refractivity contribution in [2.45, 2.75) is 25.9 Å². The summed E-state index contributed by atoms with van der Waals surface area (Å²) in [4.78, 5) is 7.35. The second-order valence-corrected chi connectivity index (χ2v) is 5.68. The van der Waals surface area contributed by atoms with Crippen LogP contribution in [0.5, 0.6) is 0 Å². The van der Waals surface area contributed by atoms with Crippen molar-refractivity contribution in [3.05, 3.63) is 46.7 Å². The van der Waals surface area contributed by atoms with E-state index in [0.29, 0.717) is 5.56 Å². The summed E-state index contributed by atoms with van der Waals surface area (Å²) in [5.74, 6) is -0.189. The fourth-order valence-corrected chi connectivity index (χ4v) is 2.75. The number of benzene rings is 1. The van der Waals surface area contributed by atoms with Gasteiger partial charge in [-0.25, -0.2) is 9.37 Å². The molecular weight excluding hydrogens is 261 g/mol. The zero-order chi connectivity index (χ0) is 14.0. The third-order valence-electron chi connectivity index (χ3n) is 3.20. The van der Waals surface area contributed by atoms with Crippen LogP contribution >= 0.6 is 11.3 Å². The highest BCUT2D eigenvalue weighted by Gasteiger charge is 2.18. The Labute approximate surface area is 116 Å². The zero-order valence-electron chi connectivity index (χ0n) is 11.3. The summed E-state index contributed by atoms with van der Waals surface area (Å²) in [6, 6.07) is 6.73. The summed E-state index contributed by atoms with van der Waals surface area (Å²) in [5, 5.41) is 0.850. The molecular formula is C14H18FN3S. The fraction of sp³-hybridized carbons (Fsp3) is 0.357. The molecule has 0 saturated heterocycles. The molecule has 0 spiro atoms. The minimum absolute atomic E-state index is 0.0246. The average molecular weight is 279 g/mol. The van der Waals surface area contributed by atoms with E-state index in [4.69, 9.17) is 5.73 Å². The van der Waals surface area contributed by atoms with Gasteiger partial charge < -0.3 is 10.6 Å². The second kappa shape index (κ2) is 5.67. The van der Waals surface area contributed by atoms with Gasteiger partial charge in [0.15, 0.2) is 5.13 Å². The standard InChI is InChI=1S/C14H18FN3S/c1-9(16)13-8-17-14(19-13)18(3)10(2)11-6-4-5-7-12(11)15/h4-10H,16H2,1-3H3. The molecule has 0 fully saturated rings. The van der Waals surface area contributed by atoms with Crippen LogP contribution in [0.3, 0.4) is 0 Å². The third kappa shape index (κ3) is 2.93. The molecule has 5 heteroatoms. The maximum atomic E-state index is 13.8. The average Bonchev–Trinajstić information content (AvgIpc) is 2.87. The van der Waals surface area contributed by atoms with Gasteiger partial charge in [0, 0.05) is 29.7 Å². The van der Waals surface area contributed by atoms with E-state index < -0.39 is 0 Å². The molecule has 0 bridgehead atoms. The van der Waals surface area contributed by atoms with Crippen molar-refractivity contribution < 1.29 is 4.39 Å². The summed E-state index contributed by atoms with van der Waals surface area (Å²) < 4.78 is 13.8. The summed E-state index contributed by atoms with van der Waals surface area (Å²) in [7, 11) is 1.92. The molecule has 1 aromatic heterocycles. The lowest BCUT2D eigenvalue weighted by Gasteiger charge is -2.25. The van der Waals surface area contributed by atoms with Crippen LogP contribution in [-0.4, -0.2) is 12.0 Å². The molecule has 1 heterocycles. The van der Waals surface area contributed by atoms with Crippen molar-refractivity contribution in [1.29, 1.82) is 0 Å². The van der Waals surface area contributed by atoms with Crippen molar-refractivity contribution in [2.75, 3.05) is 11.9 Å². The van der Waals surface area contributed by atoms with E-state index in [0.717, 1.165) is 10.0 Å². The van der Waals surface area contributed by atoms with Gasteiger partial charge in [-0.3, -0.25) is 0 Å². The number of halogens is 1. The van der Waals surface area contributed by atoms with Crippen LogP contribution in [0, 0.1) is 5.82 Å².